The number of nitrogens with one attached hydrogen (secondary N) is 1. The molecular weight excluding hydrogens is 182 g/mol. The number of nitrogens with two attached hydrogens (primary N) is 1. The van der Waals surface area contributed by atoms with Crippen LogP contribution in [0.25, 0.3) is 0 Å². The Bertz CT molecular complexity index is 307. The second-order valence-electron chi connectivity index (χ2n) is 4.02. The monoisotopic (exact) mass is 197 g/mol. The molecular formula is C9H15N3O2. The smallest absolute Gasteiger partial charge is 0.262 e. The van der Waals surface area contributed by atoms with Crippen LogP contribution < -0.4 is 11.1 Å². The van der Waals surface area contributed by atoms with Crippen molar-refractivity contribution in [3.8, 4) is 0 Å². The van der Waals surface area contributed by atoms with Gasteiger partial charge in [-0.15, -0.1) is 0 Å². The average Bonchev–Trinajstić information content (AvgIpc) is 2.13. The zero-order valence-electron chi connectivity index (χ0n) is 8.63. The van der Waals surface area contributed by atoms with Crippen molar-refractivity contribution >= 4 is 17.6 Å². The minimum atomic E-state index is -1.06. The Labute approximate surface area is 82.8 Å². The van der Waals surface area contributed by atoms with Crippen molar-refractivity contribution in [2.24, 2.45) is 22.1 Å². The van der Waals surface area contributed by atoms with E-state index in [-0.39, 0.29) is 11.8 Å². The van der Waals surface area contributed by atoms with E-state index in [1.54, 1.807) is 13.8 Å². The normalized spacial score (nSPS) is 22.7. The van der Waals surface area contributed by atoms with Gasteiger partial charge < -0.3 is 11.1 Å². The molecule has 78 valence electrons. The molecule has 3 N–H and O–H groups in total. The molecule has 1 aliphatic heterocycles. The molecule has 1 atom stereocenters. The van der Waals surface area contributed by atoms with E-state index in [1.807, 2.05) is 6.92 Å². The largest absolute Gasteiger partial charge is 0.330 e. The lowest BCUT2D eigenvalue weighted by molar-refractivity contribution is -0.139. The first-order valence-electron chi connectivity index (χ1n) is 4.54. The maximum Gasteiger partial charge on any atom is 0.262 e. The van der Waals surface area contributed by atoms with E-state index < -0.39 is 11.3 Å². The zero-order chi connectivity index (χ0) is 10.9. The van der Waals surface area contributed by atoms with Crippen LogP contribution >= 0.6 is 0 Å². The van der Waals surface area contributed by atoms with Crippen molar-refractivity contribution < 1.29 is 9.59 Å². The van der Waals surface area contributed by atoms with E-state index in [0.717, 1.165) is 0 Å². The van der Waals surface area contributed by atoms with Crippen molar-refractivity contribution in [3.05, 3.63) is 0 Å². The Morgan fingerprint density at radius 2 is 2.07 bits per heavy atom. The van der Waals surface area contributed by atoms with Crippen molar-refractivity contribution in [2.75, 3.05) is 6.54 Å². The summed E-state index contributed by atoms with van der Waals surface area (Å²) in [4.78, 5) is 26.8. The Morgan fingerprint density at radius 1 is 1.50 bits per heavy atom. The molecule has 0 aromatic carbocycles. The van der Waals surface area contributed by atoms with Gasteiger partial charge in [-0.3, -0.25) is 9.59 Å². The van der Waals surface area contributed by atoms with Gasteiger partial charge in [0.1, 0.15) is 11.3 Å². The van der Waals surface area contributed by atoms with E-state index >= 15 is 0 Å². The lowest BCUT2D eigenvalue weighted by Gasteiger charge is -2.27. The van der Waals surface area contributed by atoms with Crippen molar-refractivity contribution in [1.29, 1.82) is 0 Å². The van der Waals surface area contributed by atoms with Gasteiger partial charge in [0.15, 0.2) is 0 Å². The Kier molecular flexibility index (Phi) is 2.71. The molecule has 1 heterocycles. The molecule has 5 heteroatoms. The highest BCUT2D eigenvalue weighted by molar-refractivity contribution is 6.18. The first-order valence-corrected chi connectivity index (χ1v) is 4.54. The Balaban J connectivity index is 2.97. The molecule has 0 aliphatic carbocycles. The molecule has 0 saturated carbocycles. The molecule has 5 nitrogen and oxygen atoms in total. The summed E-state index contributed by atoms with van der Waals surface area (Å²) < 4.78 is 0. The number of carbonyl (C=O) groups excluding carboxylic acids is 2. The van der Waals surface area contributed by atoms with Gasteiger partial charge >= 0.3 is 0 Å². The lowest BCUT2D eigenvalue weighted by atomic mass is 9.89. The topological polar surface area (TPSA) is 84.5 Å². The summed E-state index contributed by atoms with van der Waals surface area (Å²) >= 11 is 0. The third kappa shape index (κ3) is 1.68. The van der Waals surface area contributed by atoms with Crippen LogP contribution in [0.3, 0.4) is 0 Å². The fourth-order valence-corrected chi connectivity index (χ4v) is 0.992. The highest BCUT2D eigenvalue weighted by Gasteiger charge is 2.40. The van der Waals surface area contributed by atoms with Crippen LogP contribution in [0.1, 0.15) is 20.8 Å². The second-order valence-corrected chi connectivity index (χ2v) is 4.02. The number of rotatable bonds is 2. The molecule has 0 saturated heterocycles. The number of aliphatic imine (C=N–C) groups is 1. The number of nitrogens with zero attached hydrogens (tertiary/aromatic N) is 1. The maximum absolute atomic E-state index is 11.5. The number of carbonyl (C=O) groups is 2. The zero-order valence-corrected chi connectivity index (χ0v) is 8.63. The summed E-state index contributed by atoms with van der Waals surface area (Å²) in [5, 5.41) is 2.60. The molecule has 14 heavy (non-hydrogen) atoms. The lowest BCUT2D eigenvalue weighted by Crippen LogP contribution is -2.51. The molecule has 0 bridgehead atoms. The van der Waals surface area contributed by atoms with Gasteiger partial charge in [-0.2, -0.15) is 4.99 Å². The first-order chi connectivity index (χ1) is 6.39. The van der Waals surface area contributed by atoms with Gasteiger partial charge in [0.05, 0.1) is 0 Å². The van der Waals surface area contributed by atoms with Gasteiger partial charge in [0, 0.05) is 12.5 Å². The van der Waals surface area contributed by atoms with Crippen molar-refractivity contribution in [1.82, 2.24) is 5.32 Å². The minimum Gasteiger partial charge on any atom is -0.330 e. The second kappa shape index (κ2) is 3.49. The van der Waals surface area contributed by atoms with Gasteiger partial charge in [-0.25, -0.2) is 0 Å². The first kappa shape index (κ1) is 10.8. The average molecular weight is 197 g/mol. The summed E-state index contributed by atoms with van der Waals surface area (Å²) in [6.45, 7) is 5.27. The number of amides is 2. The maximum atomic E-state index is 11.5. The van der Waals surface area contributed by atoms with E-state index in [9.17, 15) is 9.59 Å². The highest BCUT2D eigenvalue weighted by Crippen LogP contribution is 2.21. The fraction of sp³-hybridized carbons (Fsp3) is 0.667. The summed E-state index contributed by atoms with van der Waals surface area (Å²) in [7, 11) is 0. The third-order valence-corrected chi connectivity index (χ3v) is 2.39. The van der Waals surface area contributed by atoms with Gasteiger partial charge in [-0.05, 0) is 13.8 Å². The minimum absolute atomic E-state index is 0.0981. The number of hydrogen-bond donors (Lipinski definition) is 2. The van der Waals surface area contributed by atoms with Crippen molar-refractivity contribution in [2.45, 2.75) is 20.8 Å². The Morgan fingerprint density at radius 3 is 2.50 bits per heavy atom. The van der Waals surface area contributed by atoms with E-state index in [1.165, 1.54) is 0 Å². The molecule has 2 amide bonds. The molecule has 1 rings (SSSR count). The SMILES string of the molecule is CC(CN)C1=NC(=O)C(C)(C)C(=O)N1. The predicted octanol–water partition coefficient (Wildman–Crippen LogP) is -0.338. The molecule has 0 aromatic heterocycles. The van der Waals surface area contributed by atoms with E-state index in [2.05, 4.69) is 10.3 Å². The van der Waals surface area contributed by atoms with Gasteiger partial charge in [0.25, 0.3) is 5.91 Å². The molecule has 1 unspecified atom stereocenters. The molecule has 0 fully saturated rings. The van der Waals surface area contributed by atoms with Crippen molar-refractivity contribution in [3.63, 3.8) is 0 Å². The van der Waals surface area contributed by atoms with Gasteiger partial charge in [0.2, 0.25) is 5.91 Å². The van der Waals surface area contributed by atoms with Crippen LogP contribution in [-0.2, 0) is 9.59 Å². The molecule has 1 aliphatic rings. The molecule has 0 spiro atoms. The third-order valence-electron chi connectivity index (χ3n) is 2.39. The Hall–Kier alpha value is -1.23. The summed E-state index contributed by atoms with van der Waals surface area (Å²) in [5.74, 6) is -0.440. The standard InChI is InChI=1S/C9H15N3O2/c1-5(4-10)6-11-7(13)9(2,3)8(14)12-6/h5H,4,10H2,1-3H3,(H,11,12,13,14). The number of amidine groups is 1. The van der Waals surface area contributed by atoms with E-state index in [0.29, 0.717) is 12.4 Å². The van der Waals surface area contributed by atoms with Crippen LogP contribution in [0.5, 0.6) is 0 Å². The van der Waals surface area contributed by atoms with Crippen LogP contribution in [0.15, 0.2) is 4.99 Å². The summed E-state index contributed by atoms with van der Waals surface area (Å²) in [5.41, 5.74) is 4.36. The highest BCUT2D eigenvalue weighted by atomic mass is 16.2. The van der Waals surface area contributed by atoms with Crippen LogP contribution in [-0.4, -0.2) is 24.2 Å². The quantitative estimate of drug-likeness (QED) is 0.594. The van der Waals surface area contributed by atoms with Crippen LogP contribution in [0.4, 0.5) is 0 Å². The molecule has 0 aromatic rings. The molecule has 0 radical (unpaired) electrons. The summed E-state index contributed by atoms with van der Waals surface area (Å²) in [6, 6.07) is 0. The summed E-state index contributed by atoms with van der Waals surface area (Å²) in [6.07, 6.45) is 0. The number of hydrogen-bond acceptors (Lipinski definition) is 3. The van der Waals surface area contributed by atoms with Crippen LogP contribution in [0.2, 0.25) is 0 Å². The van der Waals surface area contributed by atoms with E-state index in [4.69, 9.17) is 5.73 Å². The van der Waals surface area contributed by atoms with Gasteiger partial charge in [-0.1, -0.05) is 6.92 Å². The van der Waals surface area contributed by atoms with Crippen LogP contribution in [0, 0.1) is 11.3 Å². The predicted molar refractivity (Wildman–Crippen MR) is 52.6 cm³/mol. The fourth-order valence-electron chi connectivity index (χ4n) is 0.992.